The number of ether oxygens (including phenoxy) is 1. The molecule has 1 fully saturated rings. The van der Waals surface area contributed by atoms with E-state index < -0.39 is 0 Å². The molecule has 0 saturated carbocycles. The zero-order chi connectivity index (χ0) is 21.1. The van der Waals surface area contributed by atoms with Crippen molar-refractivity contribution in [3.05, 3.63) is 71.1 Å². The molecule has 2 heterocycles. The summed E-state index contributed by atoms with van der Waals surface area (Å²) in [4.78, 5) is 19.0. The normalized spacial score (nSPS) is 15.5. The first-order valence-corrected chi connectivity index (χ1v) is 10.4. The van der Waals surface area contributed by atoms with Crippen molar-refractivity contribution in [3.63, 3.8) is 0 Å². The van der Waals surface area contributed by atoms with Crippen molar-refractivity contribution in [2.45, 2.75) is 13.8 Å². The maximum atomic E-state index is 12.7. The Hall–Kier alpha value is -3.32. The smallest absolute Gasteiger partial charge is 0.243 e. The molecule has 7 heteroatoms. The van der Waals surface area contributed by atoms with Gasteiger partial charge in [0.2, 0.25) is 5.91 Å². The summed E-state index contributed by atoms with van der Waals surface area (Å²) in [6.07, 6.45) is 3.78. The van der Waals surface area contributed by atoms with Crippen LogP contribution in [0.3, 0.4) is 0 Å². The van der Waals surface area contributed by atoms with Gasteiger partial charge in [-0.2, -0.15) is 0 Å². The van der Waals surface area contributed by atoms with Crippen LogP contribution in [0.5, 0.6) is 5.75 Å². The molecule has 4 rings (SSSR count). The number of aryl methyl sites for hydroxylation is 2. The van der Waals surface area contributed by atoms with Gasteiger partial charge in [-0.25, -0.2) is 4.99 Å². The number of aromatic nitrogens is 1. The first-order valence-electron chi connectivity index (χ1n) is 9.44. The number of thioether (sulfide) groups is 1. The number of carbonyl (C=O) groups is 1. The standard InChI is InChI=1S/C23H21N3O3S/c1-15-4-6-17(7-5-15)8-13-20-22(16(2)25-29-20)26-21(27)14-30-23(26)24-18-9-11-19(28-3)12-10-18/h4-13H,14H2,1-3H3/b13-8+,24-23?. The van der Waals surface area contributed by atoms with Gasteiger partial charge >= 0.3 is 0 Å². The van der Waals surface area contributed by atoms with Gasteiger partial charge in [-0.05, 0) is 49.8 Å². The van der Waals surface area contributed by atoms with Crippen LogP contribution in [0, 0.1) is 13.8 Å². The number of anilines is 1. The summed E-state index contributed by atoms with van der Waals surface area (Å²) < 4.78 is 10.7. The van der Waals surface area contributed by atoms with Crippen LogP contribution in [0.1, 0.15) is 22.6 Å². The molecule has 3 aromatic rings. The second-order valence-corrected chi connectivity index (χ2v) is 7.78. The van der Waals surface area contributed by atoms with Gasteiger partial charge < -0.3 is 9.26 Å². The van der Waals surface area contributed by atoms with E-state index in [0.717, 1.165) is 17.0 Å². The molecule has 2 aromatic carbocycles. The third-order valence-electron chi connectivity index (χ3n) is 4.65. The van der Waals surface area contributed by atoms with E-state index in [0.29, 0.717) is 28.1 Å². The van der Waals surface area contributed by atoms with Crippen LogP contribution in [-0.2, 0) is 4.79 Å². The van der Waals surface area contributed by atoms with Crippen molar-refractivity contribution in [2.75, 3.05) is 17.8 Å². The molecule has 1 aromatic heterocycles. The van der Waals surface area contributed by atoms with Gasteiger partial charge in [-0.15, -0.1) is 0 Å². The van der Waals surface area contributed by atoms with Crippen molar-refractivity contribution >= 4 is 46.4 Å². The van der Waals surface area contributed by atoms with Crippen molar-refractivity contribution in [3.8, 4) is 5.75 Å². The molecule has 0 radical (unpaired) electrons. The van der Waals surface area contributed by atoms with Crippen LogP contribution in [0.15, 0.2) is 58.0 Å². The Labute approximate surface area is 179 Å². The lowest BCUT2D eigenvalue weighted by molar-refractivity contribution is -0.115. The Morgan fingerprint density at radius 3 is 2.53 bits per heavy atom. The number of methoxy groups -OCH3 is 1. The molecule has 1 saturated heterocycles. The molecular formula is C23H21N3O3S. The average molecular weight is 420 g/mol. The van der Waals surface area contributed by atoms with E-state index in [2.05, 4.69) is 10.1 Å². The summed E-state index contributed by atoms with van der Waals surface area (Å²) in [7, 11) is 1.62. The van der Waals surface area contributed by atoms with E-state index in [1.165, 1.54) is 17.3 Å². The SMILES string of the molecule is COc1ccc(N=C2SCC(=O)N2c2c(C)noc2/C=C/c2ccc(C)cc2)cc1. The number of amides is 1. The minimum Gasteiger partial charge on any atom is -0.497 e. The highest BCUT2D eigenvalue weighted by molar-refractivity contribution is 8.15. The average Bonchev–Trinajstić information content (AvgIpc) is 3.29. The summed E-state index contributed by atoms with van der Waals surface area (Å²) in [5.41, 5.74) is 4.23. The lowest BCUT2D eigenvalue weighted by Crippen LogP contribution is -2.30. The quantitative estimate of drug-likeness (QED) is 0.566. The molecule has 1 aliphatic heterocycles. The van der Waals surface area contributed by atoms with Gasteiger partial charge in [-0.1, -0.05) is 52.8 Å². The fourth-order valence-electron chi connectivity index (χ4n) is 3.05. The van der Waals surface area contributed by atoms with Crippen molar-refractivity contribution in [2.24, 2.45) is 4.99 Å². The van der Waals surface area contributed by atoms with Crippen molar-refractivity contribution in [1.82, 2.24) is 5.16 Å². The van der Waals surface area contributed by atoms with Crippen LogP contribution >= 0.6 is 11.8 Å². The van der Waals surface area contributed by atoms with Gasteiger partial charge in [-0.3, -0.25) is 9.69 Å². The van der Waals surface area contributed by atoms with Crippen LogP contribution in [0.2, 0.25) is 0 Å². The van der Waals surface area contributed by atoms with Gasteiger partial charge in [0.05, 0.1) is 18.6 Å². The molecule has 30 heavy (non-hydrogen) atoms. The predicted molar refractivity (Wildman–Crippen MR) is 121 cm³/mol. The fraction of sp³-hybridized carbons (Fsp3) is 0.174. The highest BCUT2D eigenvalue weighted by Gasteiger charge is 2.34. The van der Waals surface area contributed by atoms with E-state index in [9.17, 15) is 4.79 Å². The highest BCUT2D eigenvalue weighted by Crippen LogP contribution is 2.34. The molecule has 0 aliphatic carbocycles. The third kappa shape index (κ3) is 4.16. The van der Waals surface area contributed by atoms with Gasteiger partial charge in [0.1, 0.15) is 17.1 Å². The molecule has 6 nitrogen and oxygen atoms in total. The molecule has 1 aliphatic rings. The van der Waals surface area contributed by atoms with Crippen LogP contribution in [0.4, 0.5) is 11.4 Å². The molecule has 0 atom stereocenters. The second-order valence-electron chi connectivity index (χ2n) is 6.84. The number of rotatable bonds is 5. The third-order valence-corrected chi connectivity index (χ3v) is 5.57. The molecule has 0 bridgehead atoms. The van der Waals surface area contributed by atoms with Gasteiger partial charge in [0.25, 0.3) is 0 Å². The van der Waals surface area contributed by atoms with Crippen LogP contribution in [-0.4, -0.2) is 29.1 Å². The monoisotopic (exact) mass is 419 g/mol. The maximum absolute atomic E-state index is 12.7. The molecule has 0 unspecified atom stereocenters. The Morgan fingerprint density at radius 1 is 1.10 bits per heavy atom. The topological polar surface area (TPSA) is 67.9 Å². The zero-order valence-corrected chi connectivity index (χ0v) is 17.8. The maximum Gasteiger partial charge on any atom is 0.243 e. The van der Waals surface area contributed by atoms with E-state index >= 15 is 0 Å². The van der Waals surface area contributed by atoms with Crippen molar-refractivity contribution in [1.29, 1.82) is 0 Å². The first kappa shape index (κ1) is 20.0. The Morgan fingerprint density at radius 2 is 1.83 bits per heavy atom. The Balaban J connectivity index is 1.67. The van der Waals surface area contributed by atoms with E-state index in [-0.39, 0.29) is 5.91 Å². The summed E-state index contributed by atoms with van der Waals surface area (Å²) in [6, 6.07) is 15.5. The zero-order valence-electron chi connectivity index (χ0n) is 17.0. The number of benzene rings is 2. The molecule has 1 amide bonds. The minimum atomic E-state index is -0.0523. The molecular weight excluding hydrogens is 398 g/mol. The second kappa shape index (κ2) is 8.59. The lowest BCUT2D eigenvalue weighted by atomic mass is 10.1. The van der Waals surface area contributed by atoms with E-state index in [1.54, 1.807) is 12.0 Å². The Bertz CT molecular complexity index is 1120. The minimum absolute atomic E-state index is 0.0523. The predicted octanol–water partition coefficient (Wildman–Crippen LogP) is 5.24. The lowest BCUT2D eigenvalue weighted by Gasteiger charge is -2.15. The Kier molecular flexibility index (Phi) is 5.72. The number of amidine groups is 1. The van der Waals surface area contributed by atoms with Gasteiger partial charge in [0.15, 0.2) is 10.9 Å². The number of carbonyl (C=O) groups excluding carboxylic acids is 1. The highest BCUT2D eigenvalue weighted by atomic mass is 32.2. The summed E-state index contributed by atoms with van der Waals surface area (Å²) in [5, 5.41) is 4.68. The molecule has 152 valence electrons. The number of hydrogen-bond donors (Lipinski definition) is 0. The molecule has 0 spiro atoms. The van der Waals surface area contributed by atoms with Crippen LogP contribution < -0.4 is 9.64 Å². The number of hydrogen-bond acceptors (Lipinski definition) is 6. The first-order chi connectivity index (χ1) is 14.5. The van der Waals surface area contributed by atoms with Crippen molar-refractivity contribution < 1.29 is 14.1 Å². The fourth-order valence-corrected chi connectivity index (χ4v) is 3.92. The van der Waals surface area contributed by atoms with E-state index in [4.69, 9.17) is 9.26 Å². The van der Waals surface area contributed by atoms with Gasteiger partial charge in [0, 0.05) is 0 Å². The summed E-state index contributed by atoms with van der Waals surface area (Å²) >= 11 is 1.40. The molecule has 0 N–H and O–H groups in total. The van der Waals surface area contributed by atoms with E-state index in [1.807, 2.05) is 74.5 Å². The number of nitrogens with zero attached hydrogens (tertiary/aromatic N) is 3. The summed E-state index contributed by atoms with van der Waals surface area (Å²) in [6.45, 7) is 3.87. The summed E-state index contributed by atoms with van der Waals surface area (Å²) in [5.74, 6) is 1.54. The number of aliphatic imine (C=N–C) groups is 1. The van der Waals surface area contributed by atoms with Crippen LogP contribution in [0.25, 0.3) is 12.2 Å². The largest absolute Gasteiger partial charge is 0.497 e.